The van der Waals surface area contributed by atoms with E-state index in [9.17, 15) is 9.18 Å². The summed E-state index contributed by atoms with van der Waals surface area (Å²) in [5.74, 6) is -2.37. The lowest BCUT2D eigenvalue weighted by Crippen LogP contribution is -2.15. The van der Waals surface area contributed by atoms with Gasteiger partial charge in [0, 0.05) is 0 Å². The van der Waals surface area contributed by atoms with Crippen LogP contribution in [0.2, 0.25) is 0 Å². The molecule has 0 aliphatic carbocycles. The van der Waals surface area contributed by atoms with Crippen LogP contribution in [-0.4, -0.2) is 16.2 Å². The summed E-state index contributed by atoms with van der Waals surface area (Å²) in [7, 11) is 0. The number of carboxylic acids is 1. The van der Waals surface area contributed by atoms with Gasteiger partial charge in [-0.15, -0.1) is 0 Å². The molecule has 2 unspecified atom stereocenters. The Hall–Kier alpha value is -1.58. The zero-order valence-corrected chi connectivity index (χ0v) is 7.64. The number of aromatic hydroxyl groups is 1. The molecule has 1 aromatic carbocycles. The van der Waals surface area contributed by atoms with Crippen molar-refractivity contribution in [1.29, 1.82) is 0 Å². The quantitative estimate of drug-likeness (QED) is 0.782. The number of aliphatic carboxylic acids is 1. The van der Waals surface area contributed by atoms with E-state index >= 15 is 0 Å². The normalized spacial score (nSPS) is 14.7. The lowest BCUT2D eigenvalue weighted by atomic mass is 9.99. The summed E-state index contributed by atoms with van der Waals surface area (Å²) in [5.41, 5.74) is 0.180. The molecule has 76 valence electrons. The van der Waals surface area contributed by atoms with Gasteiger partial charge in [-0.1, -0.05) is 12.1 Å². The number of hydrogen-bond acceptors (Lipinski definition) is 2. The average molecular weight is 198 g/mol. The predicted molar refractivity (Wildman–Crippen MR) is 48.8 cm³/mol. The highest BCUT2D eigenvalue weighted by molar-refractivity contribution is 5.70. The Kier molecular flexibility index (Phi) is 3.06. The van der Waals surface area contributed by atoms with Gasteiger partial charge >= 0.3 is 5.97 Å². The van der Waals surface area contributed by atoms with Crippen LogP contribution in [0.15, 0.2) is 24.3 Å². The zero-order valence-electron chi connectivity index (χ0n) is 7.64. The van der Waals surface area contributed by atoms with E-state index in [1.165, 1.54) is 31.2 Å². The van der Waals surface area contributed by atoms with Gasteiger partial charge in [-0.25, -0.2) is 4.39 Å². The lowest BCUT2D eigenvalue weighted by molar-refractivity contribution is -0.143. The highest BCUT2D eigenvalue weighted by Gasteiger charge is 2.24. The molecule has 0 aliphatic heterocycles. The molecule has 14 heavy (non-hydrogen) atoms. The molecular weight excluding hydrogens is 187 g/mol. The summed E-state index contributed by atoms with van der Waals surface area (Å²) < 4.78 is 13.5. The van der Waals surface area contributed by atoms with Crippen molar-refractivity contribution >= 4 is 5.97 Å². The summed E-state index contributed by atoms with van der Waals surface area (Å²) in [6, 6.07) is 5.56. The van der Waals surface area contributed by atoms with Crippen LogP contribution in [0, 0.1) is 5.92 Å². The molecule has 0 amide bonds. The van der Waals surface area contributed by atoms with E-state index in [2.05, 4.69) is 0 Å². The summed E-state index contributed by atoms with van der Waals surface area (Å²) in [6.45, 7) is 1.29. The third kappa shape index (κ3) is 2.22. The van der Waals surface area contributed by atoms with Gasteiger partial charge in [-0.2, -0.15) is 0 Å². The van der Waals surface area contributed by atoms with E-state index in [1.54, 1.807) is 0 Å². The first-order valence-corrected chi connectivity index (χ1v) is 4.18. The van der Waals surface area contributed by atoms with Gasteiger partial charge in [0.2, 0.25) is 0 Å². The van der Waals surface area contributed by atoms with Crippen molar-refractivity contribution in [2.24, 2.45) is 5.92 Å². The van der Waals surface area contributed by atoms with Crippen molar-refractivity contribution in [3.63, 3.8) is 0 Å². The van der Waals surface area contributed by atoms with Crippen molar-refractivity contribution in [2.45, 2.75) is 13.1 Å². The van der Waals surface area contributed by atoms with Crippen LogP contribution in [-0.2, 0) is 4.79 Å². The number of carbonyl (C=O) groups is 1. The number of halogens is 1. The molecular formula is C10H11FO3. The third-order valence-corrected chi connectivity index (χ3v) is 2.02. The van der Waals surface area contributed by atoms with E-state index in [1.807, 2.05) is 0 Å². The Morgan fingerprint density at radius 2 is 2.14 bits per heavy atom. The van der Waals surface area contributed by atoms with Crippen LogP contribution in [0.25, 0.3) is 0 Å². The fourth-order valence-electron chi connectivity index (χ4n) is 1.11. The van der Waals surface area contributed by atoms with E-state index in [0.29, 0.717) is 0 Å². The summed E-state index contributed by atoms with van der Waals surface area (Å²) in [5, 5.41) is 17.6. The average Bonchev–Trinajstić information content (AvgIpc) is 2.15. The number of benzene rings is 1. The lowest BCUT2D eigenvalue weighted by Gasteiger charge is -2.12. The van der Waals surface area contributed by atoms with E-state index in [4.69, 9.17) is 10.2 Å². The molecule has 3 nitrogen and oxygen atoms in total. The highest BCUT2D eigenvalue weighted by Crippen LogP contribution is 2.28. The standard InChI is InChI=1S/C10H11FO3/c1-6(10(13)14)9(11)7-3-2-4-8(12)5-7/h2-6,9,12H,1H3,(H,13,14). The largest absolute Gasteiger partial charge is 0.508 e. The number of phenolic OH excluding ortho intramolecular Hbond substituents is 1. The van der Waals surface area contributed by atoms with Gasteiger partial charge in [-0.05, 0) is 24.6 Å². The fraction of sp³-hybridized carbons (Fsp3) is 0.300. The number of hydrogen-bond donors (Lipinski definition) is 2. The maximum Gasteiger partial charge on any atom is 0.309 e. The topological polar surface area (TPSA) is 57.5 Å². The molecule has 0 bridgehead atoms. The van der Waals surface area contributed by atoms with E-state index in [0.717, 1.165) is 0 Å². The molecule has 4 heteroatoms. The minimum atomic E-state index is -1.60. The van der Waals surface area contributed by atoms with Crippen LogP contribution in [0.5, 0.6) is 5.75 Å². The van der Waals surface area contributed by atoms with Gasteiger partial charge in [-0.3, -0.25) is 4.79 Å². The second kappa shape index (κ2) is 4.09. The molecule has 0 aliphatic rings. The smallest absolute Gasteiger partial charge is 0.309 e. The van der Waals surface area contributed by atoms with Crippen molar-refractivity contribution in [3.05, 3.63) is 29.8 Å². The maximum atomic E-state index is 13.5. The molecule has 0 saturated heterocycles. The Labute approximate surface area is 80.8 Å². The van der Waals surface area contributed by atoms with Crippen LogP contribution in [0.1, 0.15) is 18.7 Å². The molecule has 0 heterocycles. The van der Waals surface area contributed by atoms with Gasteiger partial charge in [0.25, 0.3) is 0 Å². The molecule has 2 N–H and O–H groups in total. The molecule has 1 aromatic rings. The predicted octanol–water partition coefficient (Wildman–Crippen LogP) is 2.12. The van der Waals surface area contributed by atoms with Crippen LogP contribution in [0.3, 0.4) is 0 Å². The maximum absolute atomic E-state index is 13.5. The fourth-order valence-corrected chi connectivity index (χ4v) is 1.11. The van der Waals surface area contributed by atoms with Crippen LogP contribution < -0.4 is 0 Å². The van der Waals surface area contributed by atoms with Crippen LogP contribution in [0.4, 0.5) is 4.39 Å². The molecule has 1 rings (SSSR count). The Morgan fingerprint density at radius 3 is 2.64 bits per heavy atom. The Balaban J connectivity index is 2.89. The van der Waals surface area contributed by atoms with E-state index < -0.39 is 18.1 Å². The number of alkyl halides is 1. The molecule has 0 spiro atoms. The van der Waals surface area contributed by atoms with Gasteiger partial charge in [0.15, 0.2) is 0 Å². The van der Waals surface area contributed by atoms with Crippen molar-refractivity contribution in [3.8, 4) is 5.75 Å². The third-order valence-electron chi connectivity index (χ3n) is 2.02. The molecule has 2 atom stereocenters. The van der Waals surface area contributed by atoms with E-state index in [-0.39, 0.29) is 11.3 Å². The van der Waals surface area contributed by atoms with Crippen molar-refractivity contribution in [2.75, 3.05) is 0 Å². The van der Waals surface area contributed by atoms with Crippen molar-refractivity contribution < 1.29 is 19.4 Å². The monoisotopic (exact) mass is 198 g/mol. The van der Waals surface area contributed by atoms with Gasteiger partial charge < -0.3 is 10.2 Å². The molecule has 0 fully saturated rings. The van der Waals surface area contributed by atoms with Gasteiger partial charge in [0.05, 0.1) is 5.92 Å². The minimum absolute atomic E-state index is 0.0669. The zero-order chi connectivity index (χ0) is 10.7. The Bertz CT molecular complexity index is 338. The van der Waals surface area contributed by atoms with Crippen LogP contribution >= 0.6 is 0 Å². The van der Waals surface area contributed by atoms with Gasteiger partial charge in [0.1, 0.15) is 11.9 Å². The molecule has 0 saturated carbocycles. The number of carboxylic acid groups (broad SMARTS) is 1. The SMILES string of the molecule is CC(C(=O)O)C(F)c1cccc(O)c1. The number of phenols is 1. The first-order chi connectivity index (χ1) is 6.52. The number of rotatable bonds is 3. The highest BCUT2D eigenvalue weighted by atomic mass is 19.1. The first kappa shape index (κ1) is 10.5. The minimum Gasteiger partial charge on any atom is -0.508 e. The first-order valence-electron chi connectivity index (χ1n) is 4.18. The molecule has 0 radical (unpaired) electrons. The summed E-state index contributed by atoms with van der Waals surface area (Å²) >= 11 is 0. The summed E-state index contributed by atoms with van der Waals surface area (Å²) in [6.07, 6.45) is -1.60. The Morgan fingerprint density at radius 1 is 1.50 bits per heavy atom. The molecule has 0 aromatic heterocycles. The second-order valence-electron chi connectivity index (χ2n) is 3.12. The second-order valence-corrected chi connectivity index (χ2v) is 3.12. The van der Waals surface area contributed by atoms with Crippen molar-refractivity contribution in [1.82, 2.24) is 0 Å². The summed E-state index contributed by atoms with van der Waals surface area (Å²) in [4.78, 5) is 10.5.